The van der Waals surface area contributed by atoms with Crippen LogP contribution < -0.4 is 42.4 Å². The zero-order valence-electron chi connectivity index (χ0n) is 7.52. The molecule has 0 saturated heterocycles. The first-order chi connectivity index (χ1) is 4.04. The minimum atomic E-state index is -2.37. The molecule has 12 heavy (non-hydrogen) atoms. The van der Waals surface area contributed by atoms with E-state index in [1.54, 1.807) is 0 Å². The van der Waals surface area contributed by atoms with E-state index in [2.05, 4.69) is 4.65 Å². The number of carboxylic acid groups (broad SMARTS) is 1. The number of carboxylic acids is 1. The van der Waals surface area contributed by atoms with Crippen molar-refractivity contribution in [1.82, 2.24) is 0 Å². The third-order valence-electron chi connectivity index (χ3n) is 0.387. The molecule has 0 radical (unpaired) electrons. The van der Waals surface area contributed by atoms with E-state index in [4.69, 9.17) is 15.2 Å². The normalized spacial score (nSPS) is 6.17. The van der Waals surface area contributed by atoms with Crippen molar-refractivity contribution in [3.8, 4) is 0 Å². The first-order valence-electron chi connectivity index (χ1n) is 1.84. The SMILES string of the molecule is O=C(O)C(=O)OB(O)O.[F-].[H-].[Li+].[Li+]. The first-order valence-corrected chi connectivity index (χ1v) is 1.84. The Labute approximate surface area is 92.7 Å². The summed E-state index contributed by atoms with van der Waals surface area (Å²) in [6.45, 7) is 0. The maximum absolute atomic E-state index is 9.81. The van der Waals surface area contributed by atoms with Crippen LogP contribution in [0.25, 0.3) is 0 Å². The van der Waals surface area contributed by atoms with Crippen molar-refractivity contribution in [3.05, 3.63) is 0 Å². The molecule has 6 nitrogen and oxygen atoms in total. The van der Waals surface area contributed by atoms with E-state index in [0.29, 0.717) is 0 Å². The molecular formula is C2H4BFLi2O6. The maximum Gasteiger partial charge on any atom is 1.00 e. The van der Waals surface area contributed by atoms with Gasteiger partial charge in [-0.1, -0.05) is 0 Å². The number of hydrogen-bond acceptors (Lipinski definition) is 5. The molecule has 0 aromatic carbocycles. The van der Waals surface area contributed by atoms with Crippen molar-refractivity contribution in [2.24, 2.45) is 0 Å². The van der Waals surface area contributed by atoms with Crippen LogP contribution in [0.2, 0.25) is 0 Å². The van der Waals surface area contributed by atoms with E-state index in [1.165, 1.54) is 0 Å². The summed E-state index contributed by atoms with van der Waals surface area (Å²) in [7, 11) is -2.37. The Morgan fingerprint density at radius 2 is 1.58 bits per heavy atom. The van der Waals surface area contributed by atoms with Gasteiger partial charge in [-0.15, -0.1) is 0 Å². The maximum atomic E-state index is 9.81. The van der Waals surface area contributed by atoms with Gasteiger partial charge < -0.3 is 25.9 Å². The summed E-state index contributed by atoms with van der Waals surface area (Å²) < 4.78 is 3.38. The third-order valence-corrected chi connectivity index (χ3v) is 0.387. The van der Waals surface area contributed by atoms with Crippen LogP contribution in [0.5, 0.6) is 0 Å². The Morgan fingerprint density at radius 3 is 1.67 bits per heavy atom. The minimum Gasteiger partial charge on any atom is -1.00 e. The molecule has 0 saturated carbocycles. The Balaban J connectivity index is -0.0000000533. The average molecular weight is 168 g/mol. The predicted octanol–water partition coefficient (Wildman–Crippen LogP) is -11.3. The summed E-state index contributed by atoms with van der Waals surface area (Å²) in [4.78, 5) is 19.3. The Hall–Kier alpha value is 0.0497. The van der Waals surface area contributed by atoms with Gasteiger partial charge in [0.05, 0.1) is 0 Å². The van der Waals surface area contributed by atoms with E-state index in [9.17, 15) is 9.59 Å². The van der Waals surface area contributed by atoms with Crippen LogP contribution in [0.1, 0.15) is 1.43 Å². The molecule has 0 aliphatic carbocycles. The number of hydrogen-bond donors (Lipinski definition) is 3. The molecule has 0 amide bonds. The van der Waals surface area contributed by atoms with Crippen molar-refractivity contribution in [3.63, 3.8) is 0 Å². The van der Waals surface area contributed by atoms with Gasteiger partial charge in [-0.2, -0.15) is 0 Å². The molecule has 0 spiro atoms. The van der Waals surface area contributed by atoms with Crippen LogP contribution >= 0.6 is 0 Å². The quantitative estimate of drug-likeness (QED) is 0.265. The fraction of sp³-hybridized carbons (Fsp3) is 0. The molecule has 0 heterocycles. The summed E-state index contributed by atoms with van der Waals surface area (Å²) in [6.07, 6.45) is 0. The van der Waals surface area contributed by atoms with E-state index >= 15 is 0 Å². The average Bonchev–Trinajstić information content (AvgIpc) is 1.63. The molecular weight excluding hydrogens is 164 g/mol. The molecule has 60 valence electrons. The summed E-state index contributed by atoms with van der Waals surface area (Å²) in [6, 6.07) is 0. The molecule has 0 aromatic heterocycles. The molecule has 3 N–H and O–H groups in total. The molecule has 0 aliphatic rings. The Bertz CT molecular complexity index is 147. The van der Waals surface area contributed by atoms with Crippen LogP contribution in [-0.2, 0) is 14.2 Å². The number of halogens is 1. The number of carbonyl (C=O) groups is 2. The van der Waals surface area contributed by atoms with Crippen LogP contribution in [0, 0.1) is 0 Å². The third kappa shape index (κ3) is 12.7. The molecule has 0 aliphatic heterocycles. The second kappa shape index (κ2) is 11.0. The molecule has 0 rings (SSSR count). The van der Waals surface area contributed by atoms with Gasteiger partial charge in [-0.25, -0.2) is 9.59 Å². The number of rotatable bonds is 1. The fourth-order valence-electron chi connectivity index (χ4n) is 0.146. The Morgan fingerprint density at radius 1 is 1.25 bits per heavy atom. The van der Waals surface area contributed by atoms with Gasteiger partial charge in [-0.05, 0) is 0 Å². The van der Waals surface area contributed by atoms with Gasteiger partial charge in [0, 0.05) is 0 Å². The largest absolute Gasteiger partial charge is 1.00 e. The topological polar surface area (TPSA) is 104 Å². The smallest absolute Gasteiger partial charge is 1.00 e. The van der Waals surface area contributed by atoms with Crippen molar-refractivity contribution in [2.45, 2.75) is 0 Å². The van der Waals surface area contributed by atoms with E-state index in [-0.39, 0.29) is 43.9 Å². The summed E-state index contributed by atoms with van der Waals surface area (Å²) in [5, 5.41) is 23.4. The van der Waals surface area contributed by atoms with Crippen molar-refractivity contribution in [1.29, 1.82) is 0 Å². The second-order valence-corrected chi connectivity index (χ2v) is 1.04. The molecule has 10 heteroatoms. The van der Waals surface area contributed by atoms with Gasteiger partial charge in [0.1, 0.15) is 0 Å². The summed E-state index contributed by atoms with van der Waals surface area (Å²) >= 11 is 0. The Kier molecular flexibility index (Phi) is 20.9. The monoisotopic (exact) mass is 168 g/mol. The minimum absolute atomic E-state index is 0. The van der Waals surface area contributed by atoms with E-state index < -0.39 is 19.3 Å². The second-order valence-electron chi connectivity index (χ2n) is 1.04. The van der Waals surface area contributed by atoms with Gasteiger partial charge in [0.2, 0.25) is 0 Å². The standard InChI is InChI=1S/C2H3BO6.FH.2Li.H/c4-1(5)2(6)9-3(7)8;;;;/h7-8H,(H,4,5);1H;;;/q;;2*+1;-1/p-1. The van der Waals surface area contributed by atoms with Crippen molar-refractivity contribution in [2.75, 3.05) is 0 Å². The van der Waals surface area contributed by atoms with Crippen molar-refractivity contribution < 1.29 is 73.3 Å². The molecule has 0 fully saturated rings. The number of carbonyl (C=O) groups excluding carboxylic acids is 1. The summed E-state index contributed by atoms with van der Waals surface area (Å²) in [5.74, 6) is -3.58. The first kappa shape index (κ1) is 22.7. The molecule has 0 aromatic rings. The predicted molar refractivity (Wildman–Crippen MR) is 25.0 cm³/mol. The molecule has 0 bridgehead atoms. The van der Waals surface area contributed by atoms with Crippen LogP contribution in [0.3, 0.4) is 0 Å². The van der Waals surface area contributed by atoms with E-state index in [1.807, 2.05) is 0 Å². The number of aliphatic carboxylic acids is 1. The van der Waals surface area contributed by atoms with Gasteiger partial charge >= 0.3 is 57.0 Å². The van der Waals surface area contributed by atoms with Crippen LogP contribution in [-0.4, -0.2) is 34.4 Å². The zero-order valence-corrected chi connectivity index (χ0v) is 6.52. The molecule has 0 unspecified atom stereocenters. The van der Waals surface area contributed by atoms with Gasteiger partial charge in [-0.3, -0.25) is 0 Å². The van der Waals surface area contributed by atoms with Crippen molar-refractivity contribution >= 4 is 19.3 Å². The van der Waals surface area contributed by atoms with Gasteiger partial charge in [0.25, 0.3) is 0 Å². The van der Waals surface area contributed by atoms with Crippen LogP contribution in [0.15, 0.2) is 0 Å². The fourth-order valence-corrected chi connectivity index (χ4v) is 0.146. The zero-order chi connectivity index (χ0) is 7.44. The van der Waals surface area contributed by atoms with Gasteiger partial charge in [0.15, 0.2) is 0 Å². The van der Waals surface area contributed by atoms with Crippen LogP contribution in [0.4, 0.5) is 0 Å². The van der Waals surface area contributed by atoms with E-state index in [0.717, 1.165) is 0 Å². The molecule has 0 atom stereocenters. The summed E-state index contributed by atoms with van der Waals surface area (Å²) in [5.41, 5.74) is 0.